The smallest absolute Gasteiger partial charge is 0.194 e. The monoisotopic (exact) mass is 279 g/mol. The lowest BCUT2D eigenvalue weighted by Crippen LogP contribution is -2.13. The van der Waals surface area contributed by atoms with E-state index in [2.05, 4.69) is 0 Å². The largest absolute Gasteiger partial charge is 0.493 e. The van der Waals surface area contributed by atoms with Gasteiger partial charge in [0.2, 0.25) is 0 Å². The third-order valence-electron chi connectivity index (χ3n) is 3.44. The molecule has 0 saturated carbocycles. The van der Waals surface area contributed by atoms with Crippen molar-refractivity contribution in [1.29, 1.82) is 0 Å². The van der Waals surface area contributed by atoms with Crippen molar-refractivity contribution in [2.75, 3.05) is 6.61 Å². The fraction of sp³-hybridized carbons (Fsp3) is 0.200. The second-order valence-corrected chi connectivity index (χ2v) is 4.74. The van der Waals surface area contributed by atoms with Gasteiger partial charge in [-0.05, 0) is 34.9 Å². The van der Waals surface area contributed by atoms with Gasteiger partial charge in [0, 0.05) is 6.42 Å². The predicted molar refractivity (Wildman–Crippen MR) is 68.0 cm³/mol. The highest BCUT2D eigenvalue weighted by atomic mass is 19.2. The zero-order chi connectivity index (χ0) is 14.3. The van der Waals surface area contributed by atoms with Crippen LogP contribution < -0.4 is 10.5 Å². The van der Waals surface area contributed by atoms with Crippen molar-refractivity contribution in [3.05, 3.63) is 64.5 Å². The number of rotatable bonds is 2. The summed E-state index contributed by atoms with van der Waals surface area (Å²) in [5.41, 5.74) is 7.92. The predicted octanol–water partition coefficient (Wildman–Crippen LogP) is 3.09. The van der Waals surface area contributed by atoms with Gasteiger partial charge in [-0.15, -0.1) is 0 Å². The number of nitrogens with two attached hydrogens (primary N) is 1. The normalized spacial score (nSPS) is 14.8. The molecule has 20 heavy (non-hydrogen) atoms. The molecule has 1 heterocycles. The standard InChI is InChI=1S/C15H12F3NO/c16-11-6-10(7-12(17)14(11)18)15(19)9-1-2-13-8(5-9)3-4-20-13/h1-2,5-7,15H,3-4,19H2. The molecule has 0 fully saturated rings. The van der Waals surface area contributed by atoms with Crippen LogP contribution in [-0.4, -0.2) is 6.61 Å². The molecular weight excluding hydrogens is 267 g/mol. The van der Waals surface area contributed by atoms with Gasteiger partial charge in [-0.1, -0.05) is 12.1 Å². The first kappa shape index (κ1) is 13.0. The number of ether oxygens (including phenoxy) is 1. The van der Waals surface area contributed by atoms with Crippen molar-refractivity contribution >= 4 is 0 Å². The van der Waals surface area contributed by atoms with E-state index in [4.69, 9.17) is 10.5 Å². The Morgan fingerprint density at radius 3 is 2.40 bits per heavy atom. The van der Waals surface area contributed by atoms with Crippen molar-refractivity contribution in [3.63, 3.8) is 0 Å². The average Bonchev–Trinajstić information content (AvgIpc) is 2.90. The summed E-state index contributed by atoms with van der Waals surface area (Å²) >= 11 is 0. The SMILES string of the molecule is NC(c1cc(F)c(F)c(F)c1)c1ccc2c(c1)CCO2. The van der Waals surface area contributed by atoms with Crippen molar-refractivity contribution in [3.8, 4) is 5.75 Å². The van der Waals surface area contributed by atoms with Crippen molar-refractivity contribution in [1.82, 2.24) is 0 Å². The van der Waals surface area contributed by atoms with Crippen LogP contribution in [0.15, 0.2) is 30.3 Å². The Morgan fingerprint density at radius 1 is 1.00 bits per heavy atom. The minimum absolute atomic E-state index is 0.195. The minimum Gasteiger partial charge on any atom is -0.493 e. The van der Waals surface area contributed by atoms with Gasteiger partial charge in [0.05, 0.1) is 12.6 Å². The van der Waals surface area contributed by atoms with Crippen LogP contribution in [0.25, 0.3) is 0 Å². The van der Waals surface area contributed by atoms with E-state index in [0.717, 1.165) is 29.9 Å². The molecule has 5 heteroatoms. The lowest BCUT2D eigenvalue weighted by Gasteiger charge is -2.14. The summed E-state index contributed by atoms with van der Waals surface area (Å²) in [5, 5.41) is 0. The van der Waals surface area contributed by atoms with Crippen LogP contribution in [-0.2, 0) is 6.42 Å². The molecule has 1 aliphatic rings. The molecule has 0 amide bonds. The quantitative estimate of drug-likeness (QED) is 0.857. The van der Waals surface area contributed by atoms with E-state index in [0.29, 0.717) is 12.2 Å². The number of hydrogen-bond donors (Lipinski definition) is 1. The third kappa shape index (κ3) is 2.14. The van der Waals surface area contributed by atoms with Crippen molar-refractivity contribution in [2.45, 2.75) is 12.5 Å². The summed E-state index contributed by atoms with van der Waals surface area (Å²) in [6, 6.07) is 6.51. The maximum Gasteiger partial charge on any atom is 0.194 e. The lowest BCUT2D eigenvalue weighted by molar-refractivity contribution is 0.357. The molecule has 0 saturated heterocycles. The summed E-state index contributed by atoms with van der Waals surface area (Å²) in [6.45, 7) is 0.619. The lowest BCUT2D eigenvalue weighted by atomic mass is 9.97. The molecule has 0 spiro atoms. The van der Waals surface area contributed by atoms with E-state index in [9.17, 15) is 13.2 Å². The van der Waals surface area contributed by atoms with E-state index >= 15 is 0 Å². The van der Waals surface area contributed by atoms with Crippen LogP contribution >= 0.6 is 0 Å². The maximum absolute atomic E-state index is 13.2. The molecule has 2 aromatic carbocycles. The molecule has 0 aliphatic carbocycles. The molecule has 0 aromatic heterocycles. The van der Waals surface area contributed by atoms with Gasteiger partial charge in [-0.25, -0.2) is 13.2 Å². The Hall–Kier alpha value is -2.01. The van der Waals surface area contributed by atoms with Crippen LogP contribution in [0.5, 0.6) is 5.75 Å². The van der Waals surface area contributed by atoms with Crippen LogP contribution in [0.3, 0.4) is 0 Å². The Balaban J connectivity index is 1.98. The Labute approximate surface area is 114 Å². The molecule has 1 unspecified atom stereocenters. The zero-order valence-electron chi connectivity index (χ0n) is 10.5. The molecule has 1 atom stereocenters. The topological polar surface area (TPSA) is 35.2 Å². The average molecular weight is 279 g/mol. The minimum atomic E-state index is -1.48. The first-order valence-corrected chi connectivity index (χ1v) is 6.22. The number of benzene rings is 2. The highest BCUT2D eigenvalue weighted by Crippen LogP contribution is 2.30. The van der Waals surface area contributed by atoms with Gasteiger partial charge in [-0.3, -0.25) is 0 Å². The molecule has 1 aliphatic heterocycles. The molecule has 0 radical (unpaired) electrons. The first-order chi connectivity index (χ1) is 9.56. The van der Waals surface area contributed by atoms with Crippen LogP contribution in [0.1, 0.15) is 22.7 Å². The van der Waals surface area contributed by atoms with Crippen LogP contribution in [0.2, 0.25) is 0 Å². The fourth-order valence-electron chi connectivity index (χ4n) is 2.35. The number of fused-ring (bicyclic) bond motifs is 1. The maximum atomic E-state index is 13.2. The van der Waals surface area contributed by atoms with Gasteiger partial charge < -0.3 is 10.5 Å². The highest BCUT2D eigenvalue weighted by molar-refractivity contribution is 5.43. The molecule has 2 nitrogen and oxygen atoms in total. The molecule has 2 aromatic rings. The molecule has 104 valence electrons. The summed E-state index contributed by atoms with van der Waals surface area (Å²) < 4.78 is 44.8. The van der Waals surface area contributed by atoms with Gasteiger partial charge in [-0.2, -0.15) is 0 Å². The molecule has 3 rings (SSSR count). The number of hydrogen-bond acceptors (Lipinski definition) is 2. The zero-order valence-corrected chi connectivity index (χ0v) is 10.5. The van der Waals surface area contributed by atoms with Gasteiger partial charge in [0.25, 0.3) is 0 Å². The van der Waals surface area contributed by atoms with E-state index in [1.54, 1.807) is 12.1 Å². The summed E-state index contributed by atoms with van der Waals surface area (Å²) in [6.07, 6.45) is 0.780. The van der Waals surface area contributed by atoms with E-state index in [-0.39, 0.29) is 5.56 Å². The van der Waals surface area contributed by atoms with E-state index < -0.39 is 23.5 Å². The van der Waals surface area contributed by atoms with Crippen molar-refractivity contribution < 1.29 is 17.9 Å². The van der Waals surface area contributed by atoms with E-state index in [1.165, 1.54) is 0 Å². The van der Waals surface area contributed by atoms with Crippen molar-refractivity contribution in [2.24, 2.45) is 5.73 Å². The summed E-state index contributed by atoms with van der Waals surface area (Å²) in [7, 11) is 0. The fourth-order valence-corrected chi connectivity index (χ4v) is 2.35. The third-order valence-corrected chi connectivity index (χ3v) is 3.44. The number of halogens is 3. The highest BCUT2D eigenvalue weighted by Gasteiger charge is 2.18. The second-order valence-electron chi connectivity index (χ2n) is 4.74. The van der Waals surface area contributed by atoms with Crippen LogP contribution in [0, 0.1) is 17.5 Å². The first-order valence-electron chi connectivity index (χ1n) is 6.22. The Kier molecular flexibility index (Phi) is 3.14. The van der Waals surface area contributed by atoms with E-state index in [1.807, 2.05) is 6.07 Å². The Morgan fingerprint density at radius 2 is 1.70 bits per heavy atom. The summed E-state index contributed by atoms with van der Waals surface area (Å²) in [5.74, 6) is -3.15. The second kappa shape index (κ2) is 4.83. The Bertz CT molecular complexity index is 649. The van der Waals surface area contributed by atoms with Gasteiger partial charge >= 0.3 is 0 Å². The van der Waals surface area contributed by atoms with Gasteiger partial charge in [0.1, 0.15) is 5.75 Å². The summed E-state index contributed by atoms with van der Waals surface area (Å²) in [4.78, 5) is 0. The van der Waals surface area contributed by atoms with Crippen LogP contribution in [0.4, 0.5) is 13.2 Å². The molecule has 2 N–H and O–H groups in total. The molecular formula is C15H12F3NO. The molecule has 0 bridgehead atoms. The van der Waals surface area contributed by atoms with Gasteiger partial charge in [0.15, 0.2) is 17.5 Å².